The molecule has 1 aliphatic rings. The molecule has 1 unspecified atom stereocenters. The summed E-state index contributed by atoms with van der Waals surface area (Å²) in [7, 11) is 0. The molecule has 2 heterocycles. The molecule has 0 spiro atoms. The van der Waals surface area contributed by atoms with Gasteiger partial charge in [-0.05, 0) is 79.4 Å². The van der Waals surface area contributed by atoms with E-state index in [1.807, 2.05) is 13.8 Å². The van der Waals surface area contributed by atoms with Crippen LogP contribution in [0.3, 0.4) is 0 Å². The number of ether oxygens (including phenoxy) is 3. The van der Waals surface area contributed by atoms with Crippen LogP contribution in [0.25, 0.3) is 5.76 Å². The van der Waals surface area contributed by atoms with Crippen molar-refractivity contribution in [3.05, 3.63) is 94.8 Å². The Labute approximate surface area is 281 Å². The lowest BCUT2D eigenvalue weighted by Crippen LogP contribution is -2.29. The molecule has 0 radical (unpaired) electrons. The fourth-order valence-corrected chi connectivity index (χ4v) is 6.75. The molecule has 0 saturated carbocycles. The van der Waals surface area contributed by atoms with Crippen molar-refractivity contribution in [2.75, 3.05) is 24.7 Å². The number of aromatic nitrogens is 2. The van der Waals surface area contributed by atoms with E-state index in [1.165, 1.54) is 28.8 Å². The number of aliphatic hydroxyl groups is 1. The standard InChI is InChI=1S/C35H36FN3O6S2/c1-4-7-19-45-27-17-12-24(20-28(27)43-6-3)30-29(31(40)23-10-15-26(16-11-23)44-18-5-2)32(41)33(42)39(30)34-37-38-35(47-34)46-21-22-8-13-25(36)14-9-22/h8-17,20,30,40H,4-7,18-19,21H2,1-3H3/b31-29+. The van der Waals surface area contributed by atoms with Crippen LogP contribution in [-0.2, 0) is 15.3 Å². The summed E-state index contributed by atoms with van der Waals surface area (Å²) < 4.78 is 31.5. The maximum atomic E-state index is 13.7. The molecule has 1 saturated heterocycles. The van der Waals surface area contributed by atoms with E-state index in [-0.39, 0.29) is 22.3 Å². The van der Waals surface area contributed by atoms with E-state index in [0.29, 0.717) is 58.3 Å². The highest BCUT2D eigenvalue weighted by Gasteiger charge is 2.48. The summed E-state index contributed by atoms with van der Waals surface area (Å²) in [4.78, 5) is 28.7. The first-order valence-electron chi connectivity index (χ1n) is 15.5. The van der Waals surface area contributed by atoms with Crippen LogP contribution < -0.4 is 19.1 Å². The third kappa shape index (κ3) is 7.94. The summed E-state index contributed by atoms with van der Waals surface area (Å²) in [6, 6.07) is 17.1. The van der Waals surface area contributed by atoms with Gasteiger partial charge in [0.2, 0.25) is 5.13 Å². The summed E-state index contributed by atoms with van der Waals surface area (Å²) >= 11 is 2.53. The molecule has 1 aliphatic heterocycles. The molecule has 3 aromatic carbocycles. The van der Waals surface area contributed by atoms with Gasteiger partial charge in [-0.2, -0.15) is 0 Å². The molecule has 0 aliphatic carbocycles. The number of anilines is 1. The average molecular weight is 678 g/mol. The minimum Gasteiger partial charge on any atom is -0.507 e. The van der Waals surface area contributed by atoms with Crippen LogP contribution >= 0.6 is 23.1 Å². The predicted octanol–water partition coefficient (Wildman–Crippen LogP) is 7.96. The smallest absolute Gasteiger partial charge is 0.301 e. The average Bonchev–Trinajstić information content (AvgIpc) is 3.65. The number of ketones is 1. The van der Waals surface area contributed by atoms with Gasteiger partial charge in [-0.25, -0.2) is 4.39 Å². The van der Waals surface area contributed by atoms with E-state index in [1.54, 1.807) is 54.6 Å². The first-order valence-corrected chi connectivity index (χ1v) is 17.3. The number of halogens is 1. The van der Waals surface area contributed by atoms with Crippen LogP contribution in [0, 0.1) is 5.82 Å². The quantitative estimate of drug-likeness (QED) is 0.0335. The van der Waals surface area contributed by atoms with Crippen molar-refractivity contribution in [3.8, 4) is 17.2 Å². The van der Waals surface area contributed by atoms with Crippen molar-refractivity contribution in [2.24, 2.45) is 0 Å². The zero-order valence-electron chi connectivity index (χ0n) is 26.4. The van der Waals surface area contributed by atoms with E-state index in [9.17, 15) is 19.1 Å². The van der Waals surface area contributed by atoms with Gasteiger partial charge in [0.1, 0.15) is 17.3 Å². The van der Waals surface area contributed by atoms with E-state index in [4.69, 9.17) is 14.2 Å². The van der Waals surface area contributed by atoms with Crippen molar-refractivity contribution < 1.29 is 33.3 Å². The number of aliphatic hydroxyl groups excluding tert-OH is 1. The number of Topliss-reactive ketones (excluding diaryl/α,β-unsaturated/α-hetero) is 1. The van der Waals surface area contributed by atoms with Gasteiger partial charge in [-0.3, -0.25) is 14.5 Å². The predicted molar refractivity (Wildman–Crippen MR) is 181 cm³/mol. The van der Waals surface area contributed by atoms with Gasteiger partial charge >= 0.3 is 5.91 Å². The minimum absolute atomic E-state index is 0.0879. The fraction of sp³-hybridized carbons (Fsp3) is 0.314. The number of carbonyl (C=O) groups is 2. The topological polar surface area (TPSA) is 111 Å². The van der Waals surface area contributed by atoms with Gasteiger partial charge in [0, 0.05) is 11.3 Å². The molecule has 4 aromatic rings. The molecule has 9 nitrogen and oxygen atoms in total. The number of amides is 1. The summed E-state index contributed by atoms with van der Waals surface area (Å²) in [6.45, 7) is 7.36. The molecule has 1 fully saturated rings. The first-order chi connectivity index (χ1) is 22.8. The molecule has 1 atom stereocenters. The van der Waals surface area contributed by atoms with Gasteiger partial charge in [0.05, 0.1) is 31.4 Å². The van der Waals surface area contributed by atoms with Crippen LogP contribution in [0.4, 0.5) is 9.52 Å². The van der Waals surface area contributed by atoms with Gasteiger partial charge in [-0.1, -0.05) is 61.6 Å². The molecule has 5 rings (SSSR count). The lowest BCUT2D eigenvalue weighted by molar-refractivity contribution is -0.132. The molecule has 1 N–H and O–H groups in total. The SMILES string of the molecule is CCCCOc1ccc(C2/C(=C(\O)c3ccc(OCCC)cc3)C(=O)C(=O)N2c2nnc(SCc3ccc(F)cc3)s2)cc1OCC. The zero-order chi connectivity index (χ0) is 33.3. The number of hydrogen-bond acceptors (Lipinski definition) is 10. The Bertz CT molecular complexity index is 1730. The maximum absolute atomic E-state index is 13.7. The molecule has 0 bridgehead atoms. The van der Waals surface area contributed by atoms with Crippen molar-refractivity contribution in [2.45, 2.75) is 56.2 Å². The van der Waals surface area contributed by atoms with Crippen LogP contribution in [-0.4, -0.2) is 46.8 Å². The number of nitrogens with zero attached hydrogens (tertiary/aromatic N) is 3. The molecule has 1 amide bonds. The van der Waals surface area contributed by atoms with E-state index in [0.717, 1.165) is 36.2 Å². The second-order valence-corrected chi connectivity index (χ2v) is 12.8. The number of unbranched alkanes of at least 4 members (excludes halogenated alkanes) is 1. The Morgan fingerprint density at radius 1 is 0.915 bits per heavy atom. The largest absolute Gasteiger partial charge is 0.507 e. The van der Waals surface area contributed by atoms with Crippen LogP contribution in [0.1, 0.15) is 62.8 Å². The Morgan fingerprint density at radius 3 is 2.38 bits per heavy atom. The second kappa shape index (κ2) is 15.9. The summed E-state index contributed by atoms with van der Waals surface area (Å²) in [5.41, 5.74) is 1.68. The second-order valence-electron chi connectivity index (χ2n) is 10.6. The molecule has 12 heteroatoms. The molecule has 1 aromatic heterocycles. The highest BCUT2D eigenvalue weighted by Crippen LogP contribution is 2.45. The third-order valence-corrected chi connectivity index (χ3v) is 9.39. The van der Waals surface area contributed by atoms with Crippen LogP contribution in [0.2, 0.25) is 0 Å². The highest BCUT2D eigenvalue weighted by atomic mass is 32.2. The normalized spacial score (nSPS) is 15.7. The number of hydrogen-bond donors (Lipinski definition) is 1. The lowest BCUT2D eigenvalue weighted by Gasteiger charge is -2.23. The zero-order valence-corrected chi connectivity index (χ0v) is 28.0. The number of carbonyl (C=O) groups excluding carboxylic acids is 2. The fourth-order valence-electron chi connectivity index (χ4n) is 4.92. The summed E-state index contributed by atoms with van der Waals surface area (Å²) in [5, 5.41) is 20.3. The molecular weight excluding hydrogens is 642 g/mol. The number of thioether (sulfide) groups is 1. The number of benzene rings is 3. The first kappa shape index (κ1) is 33.9. The molecular formula is C35H36FN3O6S2. The van der Waals surface area contributed by atoms with Crippen molar-refractivity contribution in [3.63, 3.8) is 0 Å². The van der Waals surface area contributed by atoms with Gasteiger partial charge in [-0.15, -0.1) is 10.2 Å². The van der Waals surface area contributed by atoms with Crippen molar-refractivity contribution >= 4 is 45.7 Å². The maximum Gasteiger partial charge on any atom is 0.301 e. The third-order valence-electron chi connectivity index (χ3n) is 7.26. The summed E-state index contributed by atoms with van der Waals surface area (Å²) in [5.74, 6) is -0.207. The Kier molecular flexibility index (Phi) is 11.5. The monoisotopic (exact) mass is 677 g/mol. The van der Waals surface area contributed by atoms with Crippen molar-refractivity contribution in [1.29, 1.82) is 0 Å². The molecule has 246 valence electrons. The van der Waals surface area contributed by atoms with Crippen molar-refractivity contribution in [1.82, 2.24) is 10.2 Å². The Morgan fingerprint density at radius 2 is 1.68 bits per heavy atom. The lowest BCUT2D eigenvalue weighted by atomic mass is 9.95. The van der Waals surface area contributed by atoms with Crippen LogP contribution in [0.5, 0.6) is 17.2 Å². The Balaban J connectivity index is 1.55. The number of rotatable bonds is 15. The van der Waals surface area contributed by atoms with Crippen LogP contribution in [0.15, 0.2) is 76.6 Å². The minimum atomic E-state index is -1.03. The van der Waals surface area contributed by atoms with E-state index in [2.05, 4.69) is 17.1 Å². The van der Waals surface area contributed by atoms with Gasteiger partial charge < -0.3 is 19.3 Å². The Hall–Kier alpha value is -4.42. The summed E-state index contributed by atoms with van der Waals surface area (Å²) in [6.07, 6.45) is 2.68. The highest BCUT2D eigenvalue weighted by molar-refractivity contribution is 8.00. The molecule has 47 heavy (non-hydrogen) atoms. The van der Waals surface area contributed by atoms with E-state index >= 15 is 0 Å². The van der Waals surface area contributed by atoms with Gasteiger partial charge in [0.25, 0.3) is 5.78 Å². The van der Waals surface area contributed by atoms with E-state index < -0.39 is 17.7 Å². The van der Waals surface area contributed by atoms with Gasteiger partial charge in [0.15, 0.2) is 15.8 Å².